The second-order valence-electron chi connectivity index (χ2n) is 5.49. The Morgan fingerprint density at radius 1 is 1.31 bits per heavy atom. The molecule has 0 aliphatic carbocycles. The molecule has 0 aliphatic rings. The predicted molar refractivity (Wildman–Crippen MR) is 104 cm³/mol. The lowest BCUT2D eigenvalue weighted by atomic mass is 10.2. The van der Waals surface area contributed by atoms with Gasteiger partial charge in [-0.1, -0.05) is 17.4 Å². The quantitative estimate of drug-likeness (QED) is 0.464. The molecule has 0 radical (unpaired) electrons. The van der Waals surface area contributed by atoms with Crippen LogP contribution in [-0.4, -0.2) is 29.9 Å². The van der Waals surface area contributed by atoms with Crippen molar-refractivity contribution in [1.29, 1.82) is 0 Å². The van der Waals surface area contributed by atoms with Crippen molar-refractivity contribution in [3.8, 4) is 0 Å². The summed E-state index contributed by atoms with van der Waals surface area (Å²) < 4.78 is 21.7. The number of carbonyl (C=O) groups is 1. The summed E-state index contributed by atoms with van der Waals surface area (Å²) in [5, 5.41) is 0. The number of nitrogens with zero attached hydrogens (tertiary/aromatic N) is 2. The summed E-state index contributed by atoms with van der Waals surface area (Å²) in [6, 6.07) is 12.0. The number of ether oxygens (including phenoxy) is 1. The Kier molecular flexibility index (Phi) is 6.24. The van der Waals surface area contributed by atoms with Gasteiger partial charge in [0.15, 0.2) is 4.80 Å². The van der Waals surface area contributed by atoms with Crippen molar-refractivity contribution in [3.63, 3.8) is 0 Å². The highest BCUT2D eigenvalue weighted by Gasteiger charge is 2.10. The Morgan fingerprint density at radius 2 is 2.15 bits per heavy atom. The SMILES string of the molecule is CCOCCn1c(=NC(=O)c2cccc(SC)c2)sc2cc(F)ccc21. The van der Waals surface area contributed by atoms with Gasteiger partial charge in [0.25, 0.3) is 5.91 Å². The van der Waals surface area contributed by atoms with E-state index in [1.807, 2.05) is 35.9 Å². The molecule has 7 heteroatoms. The van der Waals surface area contributed by atoms with Crippen LogP contribution in [0.1, 0.15) is 17.3 Å². The zero-order chi connectivity index (χ0) is 18.5. The Morgan fingerprint density at radius 3 is 2.92 bits per heavy atom. The molecule has 26 heavy (non-hydrogen) atoms. The molecule has 4 nitrogen and oxygen atoms in total. The average molecular weight is 391 g/mol. The van der Waals surface area contributed by atoms with Crippen LogP contribution in [0.4, 0.5) is 4.39 Å². The summed E-state index contributed by atoms with van der Waals surface area (Å²) in [6.07, 6.45) is 1.96. The van der Waals surface area contributed by atoms with E-state index in [4.69, 9.17) is 4.74 Å². The summed E-state index contributed by atoms with van der Waals surface area (Å²) in [5.74, 6) is -0.612. The topological polar surface area (TPSA) is 43.6 Å². The molecule has 1 amide bonds. The first kappa shape index (κ1) is 18.8. The van der Waals surface area contributed by atoms with Crippen molar-refractivity contribution in [3.05, 3.63) is 58.6 Å². The van der Waals surface area contributed by atoms with Gasteiger partial charge in [0, 0.05) is 23.6 Å². The number of benzene rings is 2. The number of aromatic nitrogens is 1. The van der Waals surface area contributed by atoms with E-state index >= 15 is 0 Å². The van der Waals surface area contributed by atoms with Gasteiger partial charge in [0.1, 0.15) is 5.82 Å². The van der Waals surface area contributed by atoms with Crippen LogP contribution < -0.4 is 4.80 Å². The molecule has 0 saturated carbocycles. The lowest BCUT2D eigenvalue weighted by Gasteiger charge is -2.05. The second-order valence-corrected chi connectivity index (χ2v) is 7.38. The van der Waals surface area contributed by atoms with Gasteiger partial charge in [-0.15, -0.1) is 11.8 Å². The van der Waals surface area contributed by atoms with Crippen molar-refractivity contribution in [2.75, 3.05) is 19.5 Å². The van der Waals surface area contributed by atoms with Crippen molar-refractivity contribution in [2.45, 2.75) is 18.4 Å². The van der Waals surface area contributed by atoms with Gasteiger partial charge in [0.05, 0.1) is 16.8 Å². The molecule has 0 spiro atoms. The normalized spacial score (nSPS) is 12.0. The molecule has 3 aromatic rings. The number of rotatable bonds is 6. The molecule has 1 aromatic heterocycles. The van der Waals surface area contributed by atoms with Crippen LogP contribution >= 0.6 is 23.1 Å². The Hall–Kier alpha value is -1.96. The molecule has 1 heterocycles. The molecule has 0 N–H and O–H groups in total. The van der Waals surface area contributed by atoms with Crippen LogP contribution in [0.2, 0.25) is 0 Å². The molecule has 136 valence electrons. The van der Waals surface area contributed by atoms with Crippen LogP contribution in [0, 0.1) is 5.82 Å². The maximum Gasteiger partial charge on any atom is 0.279 e. The lowest BCUT2D eigenvalue weighted by molar-refractivity contribution is 0.0996. The minimum absolute atomic E-state index is 0.304. The fourth-order valence-electron chi connectivity index (χ4n) is 2.56. The van der Waals surface area contributed by atoms with Gasteiger partial charge in [-0.2, -0.15) is 4.99 Å². The zero-order valence-electron chi connectivity index (χ0n) is 14.6. The van der Waals surface area contributed by atoms with Crippen LogP contribution in [0.5, 0.6) is 0 Å². The minimum atomic E-state index is -0.307. The highest BCUT2D eigenvalue weighted by atomic mass is 32.2. The number of hydrogen-bond donors (Lipinski definition) is 0. The average Bonchev–Trinajstić information content (AvgIpc) is 2.98. The number of amides is 1. The Labute approximate surface area is 159 Å². The third kappa shape index (κ3) is 4.23. The zero-order valence-corrected chi connectivity index (χ0v) is 16.2. The van der Waals surface area contributed by atoms with Gasteiger partial charge in [-0.05, 0) is 49.6 Å². The third-order valence-electron chi connectivity index (χ3n) is 3.82. The first-order valence-electron chi connectivity index (χ1n) is 8.22. The van der Waals surface area contributed by atoms with E-state index < -0.39 is 0 Å². The fraction of sp³-hybridized carbons (Fsp3) is 0.263. The summed E-state index contributed by atoms with van der Waals surface area (Å²) in [6.45, 7) is 3.60. The van der Waals surface area contributed by atoms with E-state index in [9.17, 15) is 9.18 Å². The van der Waals surface area contributed by atoms with Crippen LogP contribution in [0.3, 0.4) is 0 Å². The fourth-order valence-corrected chi connectivity index (χ4v) is 4.10. The summed E-state index contributed by atoms with van der Waals surface area (Å²) in [5.41, 5.74) is 1.39. The highest BCUT2D eigenvalue weighted by molar-refractivity contribution is 7.98. The maximum absolute atomic E-state index is 13.6. The van der Waals surface area contributed by atoms with E-state index in [-0.39, 0.29) is 11.7 Å². The molecule has 0 aliphatic heterocycles. The predicted octanol–water partition coefficient (Wildman–Crippen LogP) is 4.34. The van der Waals surface area contributed by atoms with Crippen LogP contribution in [-0.2, 0) is 11.3 Å². The number of halogens is 1. The van der Waals surface area contributed by atoms with E-state index in [2.05, 4.69) is 4.99 Å². The van der Waals surface area contributed by atoms with Gasteiger partial charge in [-0.3, -0.25) is 4.79 Å². The number of hydrogen-bond acceptors (Lipinski definition) is 4. The van der Waals surface area contributed by atoms with Crippen molar-refractivity contribution >= 4 is 39.2 Å². The molecule has 3 rings (SSSR count). The van der Waals surface area contributed by atoms with E-state index in [1.54, 1.807) is 23.9 Å². The monoisotopic (exact) mass is 390 g/mol. The summed E-state index contributed by atoms with van der Waals surface area (Å²) in [7, 11) is 0. The van der Waals surface area contributed by atoms with E-state index in [1.165, 1.54) is 23.5 Å². The molecule has 0 unspecified atom stereocenters. The van der Waals surface area contributed by atoms with Crippen LogP contribution in [0.25, 0.3) is 10.2 Å². The third-order valence-corrected chi connectivity index (χ3v) is 5.59. The highest BCUT2D eigenvalue weighted by Crippen LogP contribution is 2.19. The first-order valence-corrected chi connectivity index (χ1v) is 10.3. The molecule has 0 fully saturated rings. The molecular formula is C19H19FN2O2S2. The maximum atomic E-state index is 13.6. The van der Waals surface area contributed by atoms with E-state index in [0.717, 1.165) is 15.1 Å². The number of carbonyl (C=O) groups excluding carboxylic acids is 1. The first-order chi connectivity index (χ1) is 12.6. The Balaban J connectivity index is 2.05. The van der Waals surface area contributed by atoms with Gasteiger partial charge >= 0.3 is 0 Å². The minimum Gasteiger partial charge on any atom is -0.380 e. The largest absolute Gasteiger partial charge is 0.380 e. The lowest BCUT2D eigenvalue weighted by Crippen LogP contribution is -2.19. The smallest absolute Gasteiger partial charge is 0.279 e. The molecule has 2 aromatic carbocycles. The van der Waals surface area contributed by atoms with E-state index in [0.29, 0.717) is 30.1 Å². The summed E-state index contributed by atoms with van der Waals surface area (Å²) in [4.78, 5) is 18.5. The van der Waals surface area contributed by atoms with Gasteiger partial charge < -0.3 is 9.30 Å². The number of thiazole rings is 1. The van der Waals surface area contributed by atoms with Crippen molar-refractivity contribution < 1.29 is 13.9 Å². The van der Waals surface area contributed by atoms with Gasteiger partial charge in [0.2, 0.25) is 0 Å². The standard InChI is InChI=1S/C19H19FN2O2S2/c1-3-24-10-9-22-16-8-7-14(20)12-17(16)26-19(22)21-18(23)13-5-4-6-15(11-13)25-2/h4-8,11-12H,3,9-10H2,1-2H3. The molecular weight excluding hydrogens is 371 g/mol. The number of fused-ring (bicyclic) bond motifs is 1. The van der Waals surface area contributed by atoms with Crippen LogP contribution in [0.15, 0.2) is 52.4 Å². The number of thioether (sulfide) groups is 1. The summed E-state index contributed by atoms with van der Waals surface area (Å²) >= 11 is 2.88. The molecule has 0 saturated heterocycles. The van der Waals surface area contributed by atoms with Crippen molar-refractivity contribution in [1.82, 2.24) is 4.57 Å². The molecule has 0 atom stereocenters. The Bertz CT molecular complexity index is 995. The molecule has 0 bridgehead atoms. The van der Waals surface area contributed by atoms with Crippen molar-refractivity contribution in [2.24, 2.45) is 4.99 Å². The second kappa shape index (κ2) is 8.62. The van der Waals surface area contributed by atoms with Gasteiger partial charge in [-0.25, -0.2) is 4.39 Å².